The van der Waals surface area contributed by atoms with E-state index in [4.69, 9.17) is 4.74 Å². The lowest BCUT2D eigenvalue weighted by Crippen LogP contribution is -2.15. The van der Waals surface area contributed by atoms with E-state index in [1.54, 1.807) is 13.3 Å². The van der Waals surface area contributed by atoms with Gasteiger partial charge in [0.25, 0.3) is 0 Å². The summed E-state index contributed by atoms with van der Waals surface area (Å²) in [5.74, 6) is 0.904. The maximum Gasteiger partial charge on any atom is 0.166 e. The van der Waals surface area contributed by atoms with Crippen LogP contribution in [0.1, 0.15) is 34.1 Å². The molecule has 21 heavy (non-hydrogen) atoms. The first-order valence-electron chi connectivity index (χ1n) is 7.13. The third kappa shape index (κ3) is 3.30. The van der Waals surface area contributed by atoms with E-state index in [-0.39, 0.29) is 11.7 Å². The number of nitrogens with zero attached hydrogens (tertiary/aromatic N) is 1. The fourth-order valence-electron chi connectivity index (χ4n) is 2.55. The Morgan fingerprint density at radius 1 is 1.24 bits per heavy atom. The van der Waals surface area contributed by atoms with Crippen LogP contribution in [0.2, 0.25) is 0 Å². The lowest BCUT2D eigenvalue weighted by Gasteiger charge is -2.15. The van der Waals surface area contributed by atoms with E-state index >= 15 is 0 Å². The molecule has 0 N–H and O–H groups in total. The predicted octanol–water partition coefficient (Wildman–Crippen LogP) is 3.77. The van der Waals surface area contributed by atoms with Gasteiger partial charge in [-0.1, -0.05) is 37.3 Å². The van der Waals surface area contributed by atoms with Crippen LogP contribution in [0.3, 0.4) is 0 Å². The van der Waals surface area contributed by atoms with E-state index in [1.807, 2.05) is 51.1 Å². The largest absolute Gasteiger partial charge is 0.496 e. The molecule has 0 fully saturated rings. The number of carbonyl (C=O) groups is 1. The quantitative estimate of drug-likeness (QED) is 0.784. The number of hydrogen-bond donors (Lipinski definition) is 0. The Morgan fingerprint density at radius 2 is 1.90 bits per heavy atom. The molecule has 1 aromatic heterocycles. The average Bonchev–Trinajstić information content (AvgIpc) is 2.50. The molecule has 2 rings (SSSR count). The van der Waals surface area contributed by atoms with Gasteiger partial charge >= 0.3 is 0 Å². The molecule has 1 aromatic carbocycles. The van der Waals surface area contributed by atoms with Gasteiger partial charge in [-0.05, 0) is 20.3 Å². The zero-order chi connectivity index (χ0) is 15.4. The number of methoxy groups -OCH3 is 1. The highest BCUT2D eigenvalue weighted by molar-refractivity contribution is 5.97. The number of rotatable bonds is 5. The van der Waals surface area contributed by atoms with Crippen LogP contribution in [0, 0.1) is 19.8 Å². The normalized spacial score (nSPS) is 12.0. The van der Waals surface area contributed by atoms with E-state index in [2.05, 4.69) is 4.98 Å². The Hall–Kier alpha value is -2.16. The molecule has 0 spiro atoms. The molecule has 2 aromatic rings. The summed E-state index contributed by atoms with van der Waals surface area (Å²) in [6, 6.07) is 9.40. The maximum atomic E-state index is 12.4. The van der Waals surface area contributed by atoms with Crippen LogP contribution in [0.15, 0.2) is 36.5 Å². The Morgan fingerprint density at radius 3 is 2.52 bits per heavy atom. The Balaban J connectivity index is 2.20. The van der Waals surface area contributed by atoms with Crippen LogP contribution in [0.5, 0.6) is 5.75 Å². The first-order chi connectivity index (χ1) is 10.0. The van der Waals surface area contributed by atoms with Crippen LogP contribution >= 0.6 is 0 Å². The fourth-order valence-corrected chi connectivity index (χ4v) is 2.55. The zero-order valence-corrected chi connectivity index (χ0v) is 13.0. The standard InChI is InChI=1S/C18H21NO2/c1-12(17(20)15-8-6-5-7-9-15)10-16-14(3)18(21-4)13(2)11-19-16/h5-9,11-12H,10H2,1-4H3. The number of ketones is 1. The van der Waals surface area contributed by atoms with Gasteiger partial charge in [0.15, 0.2) is 5.78 Å². The average molecular weight is 283 g/mol. The minimum Gasteiger partial charge on any atom is -0.496 e. The molecule has 0 radical (unpaired) electrons. The first-order valence-corrected chi connectivity index (χ1v) is 7.13. The van der Waals surface area contributed by atoms with E-state index < -0.39 is 0 Å². The van der Waals surface area contributed by atoms with Gasteiger partial charge in [-0.15, -0.1) is 0 Å². The van der Waals surface area contributed by atoms with Crippen molar-refractivity contribution in [3.8, 4) is 5.75 Å². The topological polar surface area (TPSA) is 39.2 Å². The van der Waals surface area contributed by atoms with Crippen molar-refractivity contribution in [3.05, 3.63) is 58.9 Å². The number of benzene rings is 1. The summed E-state index contributed by atoms with van der Waals surface area (Å²) >= 11 is 0. The molecule has 0 aliphatic heterocycles. The molecule has 110 valence electrons. The van der Waals surface area contributed by atoms with E-state index in [0.29, 0.717) is 6.42 Å². The molecule has 3 heteroatoms. The van der Waals surface area contributed by atoms with Crippen LogP contribution in [-0.4, -0.2) is 17.9 Å². The molecule has 1 heterocycles. The van der Waals surface area contributed by atoms with Crippen molar-refractivity contribution < 1.29 is 9.53 Å². The van der Waals surface area contributed by atoms with Crippen molar-refractivity contribution in [2.75, 3.05) is 7.11 Å². The van der Waals surface area contributed by atoms with Crippen LogP contribution in [-0.2, 0) is 6.42 Å². The Kier molecular flexibility index (Phi) is 4.73. The van der Waals surface area contributed by atoms with Gasteiger partial charge in [0.1, 0.15) is 5.75 Å². The highest BCUT2D eigenvalue weighted by Crippen LogP contribution is 2.26. The van der Waals surface area contributed by atoms with Crippen molar-refractivity contribution >= 4 is 5.78 Å². The molecular formula is C18H21NO2. The third-order valence-electron chi connectivity index (χ3n) is 3.76. The number of carbonyl (C=O) groups excluding carboxylic acids is 1. The molecule has 0 saturated heterocycles. The van der Waals surface area contributed by atoms with E-state index in [9.17, 15) is 4.79 Å². The molecule has 1 atom stereocenters. The number of aryl methyl sites for hydroxylation is 1. The predicted molar refractivity (Wildman–Crippen MR) is 83.9 cm³/mol. The van der Waals surface area contributed by atoms with Crippen LogP contribution < -0.4 is 4.74 Å². The molecule has 1 unspecified atom stereocenters. The summed E-state index contributed by atoms with van der Waals surface area (Å²) in [6.07, 6.45) is 2.43. The van der Waals surface area contributed by atoms with E-state index in [1.165, 1.54) is 0 Å². The molecule has 3 nitrogen and oxygen atoms in total. The number of aromatic nitrogens is 1. The summed E-state index contributed by atoms with van der Waals surface area (Å²) in [7, 11) is 1.66. The summed E-state index contributed by atoms with van der Waals surface area (Å²) in [4.78, 5) is 16.9. The van der Waals surface area contributed by atoms with Crippen molar-refractivity contribution in [3.63, 3.8) is 0 Å². The molecular weight excluding hydrogens is 262 g/mol. The molecule has 0 bridgehead atoms. The van der Waals surface area contributed by atoms with E-state index in [0.717, 1.165) is 28.1 Å². The van der Waals surface area contributed by atoms with Crippen LogP contribution in [0.4, 0.5) is 0 Å². The summed E-state index contributed by atoms with van der Waals surface area (Å²) in [5, 5.41) is 0. The molecule has 0 aliphatic rings. The number of Topliss-reactive ketones (excluding diaryl/α,β-unsaturated/α-hetero) is 1. The lowest BCUT2D eigenvalue weighted by atomic mass is 9.93. The van der Waals surface area contributed by atoms with Gasteiger partial charge in [-0.2, -0.15) is 0 Å². The van der Waals surface area contributed by atoms with Crippen molar-refractivity contribution in [2.45, 2.75) is 27.2 Å². The van der Waals surface area contributed by atoms with Crippen molar-refractivity contribution in [1.82, 2.24) is 4.98 Å². The second kappa shape index (κ2) is 6.53. The number of hydrogen-bond acceptors (Lipinski definition) is 3. The van der Waals surface area contributed by atoms with Gasteiger partial charge in [0.05, 0.1) is 7.11 Å². The molecule has 0 aliphatic carbocycles. The third-order valence-corrected chi connectivity index (χ3v) is 3.76. The Bertz CT molecular complexity index is 635. The summed E-state index contributed by atoms with van der Waals surface area (Å²) in [6.45, 7) is 5.91. The SMILES string of the molecule is COc1c(C)cnc(CC(C)C(=O)c2ccccc2)c1C. The minimum absolute atomic E-state index is 0.106. The summed E-state index contributed by atoms with van der Waals surface area (Å²) < 4.78 is 5.42. The fraction of sp³-hybridized carbons (Fsp3) is 0.333. The van der Waals surface area contributed by atoms with Gasteiger partial charge in [-0.25, -0.2) is 0 Å². The second-order valence-corrected chi connectivity index (χ2v) is 5.38. The maximum absolute atomic E-state index is 12.4. The van der Waals surface area contributed by atoms with Crippen molar-refractivity contribution in [1.29, 1.82) is 0 Å². The molecule has 0 amide bonds. The monoisotopic (exact) mass is 283 g/mol. The zero-order valence-electron chi connectivity index (χ0n) is 13.0. The lowest BCUT2D eigenvalue weighted by molar-refractivity contribution is 0.0928. The first kappa shape index (κ1) is 15.2. The smallest absolute Gasteiger partial charge is 0.166 e. The minimum atomic E-state index is -0.106. The highest BCUT2D eigenvalue weighted by atomic mass is 16.5. The van der Waals surface area contributed by atoms with Crippen molar-refractivity contribution in [2.24, 2.45) is 5.92 Å². The summed E-state index contributed by atoms with van der Waals surface area (Å²) in [5.41, 5.74) is 3.71. The molecule has 0 saturated carbocycles. The second-order valence-electron chi connectivity index (χ2n) is 5.38. The Labute approximate surface area is 126 Å². The highest BCUT2D eigenvalue weighted by Gasteiger charge is 2.18. The number of pyridine rings is 1. The van der Waals surface area contributed by atoms with Gasteiger partial charge in [0, 0.05) is 34.5 Å². The number of ether oxygens (including phenoxy) is 1. The van der Waals surface area contributed by atoms with Gasteiger partial charge in [-0.3, -0.25) is 9.78 Å². The van der Waals surface area contributed by atoms with Gasteiger partial charge < -0.3 is 4.74 Å². The van der Waals surface area contributed by atoms with Crippen LogP contribution in [0.25, 0.3) is 0 Å². The van der Waals surface area contributed by atoms with Gasteiger partial charge in [0.2, 0.25) is 0 Å².